The van der Waals surface area contributed by atoms with Crippen LogP contribution in [0, 0.1) is 0 Å². The van der Waals surface area contributed by atoms with Gasteiger partial charge in [-0.15, -0.1) is 0 Å². The maximum absolute atomic E-state index is 12.3. The molecule has 4 aromatic rings. The zero-order valence-corrected chi connectivity index (χ0v) is 19.6. The third-order valence-electron chi connectivity index (χ3n) is 6.92. The Bertz CT molecular complexity index is 1300. The lowest BCUT2D eigenvalue weighted by atomic mass is 9.88. The Kier molecular flexibility index (Phi) is 5.79. The van der Waals surface area contributed by atoms with Crippen molar-refractivity contribution in [3.05, 3.63) is 47.9 Å². The lowest BCUT2D eigenvalue weighted by Gasteiger charge is -2.32. The van der Waals surface area contributed by atoms with Crippen LogP contribution in [-0.4, -0.2) is 50.6 Å². The summed E-state index contributed by atoms with van der Waals surface area (Å²) in [6.45, 7) is 5.98. The van der Waals surface area contributed by atoms with Crippen LogP contribution < -0.4 is 4.74 Å². The van der Waals surface area contributed by atoms with Crippen LogP contribution in [0.2, 0.25) is 0 Å². The lowest BCUT2D eigenvalue weighted by molar-refractivity contribution is -0.132. The maximum atomic E-state index is 12.3. The second-order valence-electron chi connectivity index (χ2n) is 8.87. The van der Waals surface area contributed by atoms with E-state index in [2.05, 4.69) is 47.1 Å². The van der Waals surface area contributed by atoms with E-state index in [1.54, 1.807) is 18.0 Å². The maximum Gasteiger partial charge on any atom is 0.222 e. The largest absolute Gasteiger partial charge is 0.493 e. The second-order valence-corrected chi connectivity index (χ2v) is 8.87. The molecule has 0 radical (unpaired) electrons. The number of nitrogens with one attached hydrogen (secondary N) is 1. The number of carbonyl (C=O) groups is 1. The standard InChI is InChI=1S/C26H31N5O2/c1-4-6-24(32)30-11-9-17(10-12-30)18-7-8-22-21(13-18)20(5-2)25(29-22)19-14-23(33-3)26-27-16-28-31(26)15-19/h7-8,13-17,29H,4-6,9-12H2,1-3H3. The third kappa shape index (κ3) is 3.86. The minimum absolute atomic E-state index is 0.301. The van der Waals surface area contributed by atoms with Crippen molar-refractivity contribution in [3.63, 3.8) is 0 Å². The van der Waals surface area contributed by atoms with Gasteiger partial charge in [-0.3, -0.25) is 4.79 Å². The first-order chi connectivity index (χ1) is 16.1. The van der Waals surface area contributed by atoms with Crippen molar-refractivity contribution in [3.8, 4) is 17.0 Å². The van der Waals surface area contributed by atoms with E-state index in [9.17, 15) is 4.79 Å². The van der Waals surface area contributed by atoms with Gasteiger partial charge >= 0.3 is 0 Å². The average molecular weight is 446 g/mol. The van der Waals surface area contributed by atoms with Crippen molar-refractivity contribution in [1.29, 1.82) is 0 Å². The van der Waals surface area contributed by atoms with E-state index in [1.807, 2.05) is 17.2 Å². The number of hydrogen-bond donors (Lipinski definition) is 1. The highest BCUT2D eigenvalue weighted by atomic mass is 16.5. The fraction of sp³-hybridized carbons (Fsp3) is 0.423. The van der Waals surface area contributed by atoms with E-state index in [4.69, 9.17) is 4.74 Å². The van der Waals surface area contributed by atoms with Crippen LogP contribution in [0.25, 0.3) is 27.8 Å². The van der Waals surface area contributed by atoms with Crippen molar-refractivity contribution >= 4 is 22.5 Å². The molecular formula is C26H31N5O2. The SMILES string of the molecule is CCCC(=O)N1CCC(c2ccc3[nH]c(-c4cc(OC)c5ncnn5c4)c(CC)c3c2)CC1. The molecule has 0 saturated carbocycles. The number of pyridine rings is 1. The fourth-order valence-corrected chi connectivity index (χ4v) is 5.15. The summed E-state index contributed by atoms with van der Waals surface area (Å²) in [5.41, 5.74) is 6.64. The summed E-state index contributed by atoms with van der Waals surface area (Å²) in [5, 5.41) is 5.58. The summed E-state index contributed by atoms with van der Waals surface area (Å²) in [4.78, 5) is 22.2. The van der Waals surface area contributed by atoms with Gasteiger partial charge in [0, 0.05) is 42.2 Å². The highest BCUT2D eigenvalue weighted by molar-refractivity contribution is 5.91. The number of likely N-dealkylation sites (tertiary alicyclic amines) is 1. The molecule has 1 fully saturated rings. The molecule has 1 N–H and O–H groups in total. The Balaban J connectivity index is 1.47. The van der Waals surface area contributed by atoms with E-state index < -0.39 is 0 Å². The number of rotatable bonds is 6. The molecule has 4 heterocycles. The number of ether oxygens (including phenoxy) is 1. The van der Waals surface area contributed by atoms with Gasteiger partial charge in [0.25, 0.3) is 0 Å². The smallest absolute Gasteiger partial charge is 0.222 e. The van der Waals surface area contributed by atoms with E-state index in [-0.39, 0.29) is 0 Å². The number of methoxy groups -OCH3 is 1. The van der Waals surface area contributed by atoms with Gasteiger partial charge in [-0.1, -0.05) is 19.9 Å². The van der Waals surface area contributed by atoms with Crippen molar-refractivity contribution < 1.29 is 9.53 Å². The summed E-state index contributed by atoms with van der Waals surface area (Å²) in [6, 6.07) is 8.83. The van der Waals surface area contributed by atoms with Gasteiger partial charge in [-0.25, -0.2) is 9.50 Å². The monoisotopic (exact) mass is 445 g/mol. The molecule has 0 spiro atoms. The number of hydrogen-bond acceptors (Lipinski definition) is 4. The molecule has 172 valence electrons. The van der Waals surface area contributed by atoms with Crippen molar-refractivity contribution in [2.75, 3.05) is 20.2 Å². The fourth-order valence-electron chi connectivity index (χ4n) is 5.15. The summed E-state index contributed by atoms with van der Waals surface area (Å²) in [5.74, 6) is 1.50. The number of aromatic nitrogens is 4. The molecule has 1 aliphatic heterocycles. The Labute approximate surface area is 193 Å². The molecular weight excluding hydrogens is 414 g/mol. The molecule has 0 atom stereocenters. The molecule has 0 aliphatic carbocycles. The highest BCUT2D eigenvalue weighted by Crippen LogP contribution is 2.36. The number of piperidine rings is 1. The Hall–Kier alpha value is -3.35. The van der Waals surface area contributed by atoms with Crippen molar-refractivity contribution in [2.45, 2.75) is 51.9 Å². The van der Waals surface area contributed by atoms with Gasteiger partial charge in [0.1, 0.15) is 6.33 Å². The van der Waals surface area contributed by atoms with Gasteiger partial charge in [-0.2, -0.15) is 5.10 Å². The number of aryl methyl sites for hydroxylation is 1. The lowest BCUT2D eigenvalue weighted by Crippen LogP contribution is -2.37. The first-order valence-corrected chi connectivity index (χ1v) is 11.9. The molecule has 7 heteroatoms. The molecule has 3 aromatic heterocycles. The average Bonchev–Trinajstić information content (AvgIpc) is 3.47. The quantitative estimate of drug-likeness (QED) is 0.455. The number of amides is 1. The van der Waals surface area contributed by atoms with Crippen LogP contribution in [0.15, 0.2) is 36.8 Å². The summed E-state index contributed by atoms with van der Waals surface area (Å²) < 4.78 is 7.33. The van der Waals surface area contributed by atoms with Crippen LogP contribution in [0.5, 0.6) is 5.75 Å². The zero-order valence-electron chi connectivity index (χ0n) is 19.6. The number of H-pyrrole nitrogens is 1. The molecule has 5 rings (SSSR count). The minimum atomic E-state index is 0.301. The van der Waals surface area contributed by atoms with E-state index in [0.29, 0.717) is 29.6 Å². The first kappa shape index (κ1) is 21.5. The highest BCUT2D eigenvalue weighted by Gasteiger charge is 2.24. The van der Waals surface area contributed by atoms with E-state index in [0.717, 1.165) is 55.5 Å². The first-order valence-electron chi connectivity index (χ1n) is 11.9. The zero-order chi connectivity index (χ0) is 22.9. The predicted octanol–water partition coefficient (Wildman–Crippen LogP) is 4.95. The molecule has 1 aliphatic rings. The molecule has 33 heavy (non-hydrogen) atoms. The van der Waals surface area contributed by atoms with E-state index in [1.165, 1.54) is 16.5 Å². The number of carbonyl (C=O) groups excluding carboxylic acids is 1. The van der Waals surface area contributed by atoms with Gasteiger partial charge in [0.05, 0.1) is 12.8 Å². The number of benzene rings is 1. The van der Waals surface area contributed by atoms with Crippen LogP contribution in [0.1, 0.15) is 56.6 Å². The van der Waals surface area contributed by atoms with Gasteiger partial charge in [-0.05, 0) is 60.9 Å². The van der Waals surface area contributed by atoms with Crippen LogP contribution >= 0.6 is 0 Å². The van der Waals surface area contributed by atoms with Gasteiger partial charge < -0.3 is 14.6 Å². The minimum Gasteiger partial charge on any atom is -0.493 e. The normalized spacial score (nSPS) is 14.9. The van der Waals surface area contributed by atoms with Crippen molar-refractivity contribution in [1.82, 2.24) is 24.5 Å². The molecule has 1 saturated heterocycles. The summed E-state index contributed by atoms with van der Waals surface area (Å²) >= 11 is 0. The van der Waals surface area contributed by atoms with Crippen LogP contribution in [0.3, 0.4) is 0 Å². The molecule has 7 nitrogen and oxygen atoms in total. The van der Waals surface area contributed by atoms with Gasteiger partial charge in [0.15, 0.2) is 11.4 Å². The molecule has 0 unspecified atom stereocenters. The summed E-state index contributed by atoms with van der Waals surface area (Å²) in [6.07, 6.45) is 8.09. The molecule has 1 aromatic carbocycles. The van der Waals surface area contributed by atoms with Gasteiger partial charge in [0.2, 0.25) is 5.91 Å². The van der Waals surface area contributed by atoms with E-state index >= 15 is 0 Å². The topological polar surface area (TPSA) is 75.5 Å². The second kappa shape index (κ2) is 8.89. The Morgan fingerprint density at radius 2 is 2.03 bits per heavy atom. The van der Waals surface area contributed by atoms with Crippen molar-refractivity contribution in [2.24, 2.45) is 0 Å². The molecule has 1 amide bonds. The number of fused-ring (bicyclic) bond motifs is 2. The Morgan fingerprint density at radius 3 is 2.76 bits per heavy atom. The third-order valence-corrected chi connectivity index (χ3v) is 6.92. The predicted molar refractivity (Wildman–Crippen MR) is 130 cm³/mol. The molecule has 0 bridgehead atoms. The van der Waals surface area contributed by atoms with Crippen LogP contribution in [0.4, 0.5) is 0 Å². The van der Waals surface area contributed by atoms with Crippen LogP contribution in [-0.2, 0) is 11.2 Å². The number of nitrogens with zero attached hydrogens (tertiary/aromatic N) is 4. The summed E-state index contributed by atoms with van der Waals surface area (Å²) in [7, 11) is 1.66. The number of aromatic amines is 1. The Morgan fingerprint density at radius 1 is 1.21 bits per heavy atom.